The molecule has 3 N–H and O–H groups in total. The summed E-state index contributed by atoms with van der Waals surface area (Å²) in [5.41, 5.74) is 2.03. The summed E-state index contributed by atoms with van der Waals surface area (Å²) in [6, 6.07) is 7.81. The normalized spacial score (nSPS) is 11.8. The summed E-state index contributed by atoms with van der Waals surface area (Å²) in [6.45, 7) is 5.36. The second kappa shape index (κ2) is 9.13. The molecule has 0 aliphatic heterocycles. The van der Waals surface area contributed by atoms with Gasteiger partial charge in [-0.15, -0.1) is 0 Å². The molecular formula is C16H26N3O2+. The number of likely N-dealkylation sites (N-methyl/N-ethyl adjacent to an activating group) is 1. The zero-order valence-electron chi connectivity index (χ0n) is 13.2. The number of carbonyl (C=O) groups excluding carboxylic acids is 2. The van der Waals surface area contributed by atoms with Gasteiger partial charge in [-0.3, -0.25) is 9.59 Å². The van der Waals surface area contributed by atoms with Gasteiger partial charge in [0, 0.05) is 12.2 Å². The molecule has 1 aromatic rings. The maximum absolute atomic E-state index is 11.9. The van der Waals surface area contributed by atoms with E-state index < -0.39 is 0 Å². The molecular weight excluding hydrogens is 266 g/mol. The minimum Gasteiger partial charge on any atom is -0.351 e. The van der Waals surface area contributed by atoms with Crippen molar-refractivity contribution in [2.45, 2.75) is 26.7 Å². The van der Waals surface area contributed by atoms with Gasteiger partial charge in [0.05, 0.1) is 7.05 Å². The smallest absolute Gasteiger partial charge is 0.279 e. The van der Waals surface area contributed by atoms with Crippen LogP contribution >= 0.6 is 0 Å². The summed E-state index contributed by atoms with van der Waals surface area (Å²) in [4.78, 5) is 24.3. The third-order valence-electron chi connectivity index (χ3n) is 3.14. The predicted molar refractivity (Wildman–Crippen MR) is 84.4 cm³/mol. The van der Waals surface area contributed by atoms with Crippen LogP contribution in [0.15, 0.2) is 24.3 Å². The molecule has 116 valence electrons. The molecule has 5 heteroatoms. The van der Waals surface area contributed by atoms with Crippen LogP contribution < -0.4 is 15.5 Å². The first-order chi connectivity index (χ1) is 10.0. The van der Waals surface area contributed by atoms with E-state index in [0.717, 1.165) is 23.4 Å². The van der Waals surface area contributed by atoms with Gasteiger partial charge < -0.3 is 15.5 Å². The van der Waals surface area contributed by atoms with Crippen molar-refractivity contribution in [2.75, 3.05) is 32.0 Å². The first kappa shape index (κ1) is 17.2. The topological polar surface area (TPSA) is 62.6 Å². The minimum absolute atomic E-state index is 0.0190. The molecule has 0 spiro atoms. The van der Waals surface area contributed by atoms with E-state index in [1.807, 2.05) is 38.2 Å². The number of quaternary nitrogens is 1. The molecule has 0 saturated carbocycles. The van der Waals surface area contributed by atoms with Crippen LogP contribution in [0.25, 0.3) is 0 Å². The van der Waals surface area contributed by atoms with Crippen molar-refractivity contribution in [2.24, 2.45) is 0 Å². The van der Waals surface area contributed by atoms with Crippen molar-refractivity contribution in [1.82, 2.24) is 5.32 Å². The fourth-order valence-corrected chi connectivity index (χ4v) is 1.97. The Morgan fingerprint density at radius 1 is 1.05 bits per heavy atom. The second-order valence-electron chi connectivity index (χ2n) is 5.26. The molecule has 1 rings (SSSR count). The molecule has 1 atom stereocenters. The summed E-state index contributed by atoms with van der Waals surface area (Å²) in [5.74, 6) is -0.102. The molecule has 0 saturated heterocycles. The molecule has 2 amide bonds. The van der Waals surface area contributed by atoms with Gasteiger partial charge in [0.15, 0.2) is 13.1 Å². The Morgan fingerprint density at radius 3 is 2.24 bits per heavy atom. The van der Waals surface area contributed by atoms with E-state index in [2.05, 4.69) is 17.6 Å². The van der Waals surface area contributed by atoms with Gasteiger partial charge >= 0.3 is 0 Å². The van der Waals surface area contributed by atoms with E-state index in [1.165, 1.54) is 5.56 Å². The van der Waals surface area contributed by atoms with E-state index in [-0.39, 0.29) is 18.4 Å². The van der Waals surface area contributed by atoms with Crippen LogP contribution in [0.2, 0.25) is 0 Å². The Morgan fingerprint density at radius 2 is 1.67 bits per heavy atom. The lowest BCUT2D eigenvalue weighted by molar-refractivity contribution is -0.862. The Hall–Kier alpha value is -1.88. The highest BCUT2D eigenvalue weighted by Crippen LogP contribution is 2.09. The Kier molecular flexibility index (Phi) is 7.46. The van der Waals surface area contributed by atoms with Crippen molar-refractivity contribution in [1.29, 1.82) is 0 Å². The molecule has 1 aromatic carbocycles. The largest absolute Gasteiger partial charge is 0.351 e. The number of rotatable bonds is 8. The molecule has 0 aliphatic rings. The summed E-state index contributed by atoms with van der Waals surface area (Å²) < 4.78 is 0. The van der Waals surface area contributed by atoms with Crippen LogP contribution in [0.5, 0.6) is 0 Å². The molecule has 21 heavy (non-hydrogen) atoms. The number of benzene rings is 1. The third kappa shape index (κ3) is 6.90. The maximum atomic E-state index is 11.9. The lowest BCUT2D eigenvalue weighted by atomic mass is 10.1. The highest BCUT2D eigenvalue weighted by Gasteiger charge is 2.13. The van der Waals surface area contributed by atoms with Gasteiger partial charge in [-0.05, 0) is 30.5 Å². The summed E-state index contributed by atoms with van der Waals surface area (Å²) in [7, 11) is 1.84. The standard InChI is InChI=1S/C16H25N3O2/c1-4-10-17-15(20)11-19(3)12-16(21)18-14-8-6-13(5-2)7-9-14/h6-9H,4-5,10-12H2,1-3H3,(H,17,20)(H,18,21)/p+1. The summed E-state index contributed by atoms with van der Waals surface area (Å²) in [6.07, 6.45) is 1.90. The molecule has 1 unspecified atom stereocenters. The predicted octanol–water partition coefficient (Wildman–Crippen LogP) is 0.228. The maximum Gasteiger partial charge on any atom is 0.279 e. The first-order valence-corrected chi connectivity index (χ1v) is 7.52. The van der Waals surface area contributed by atoms with Gasteiger partial charge in [-0.1, -0.05) is 26.0 Å². The highest BCUT2D eigenvalue weighted by atomic mass is 16.2. The number of hydrogen-bond donors (Lipinski definition) is 3. The summed E-state index contributed by atoms with van der Waals surface area (Å²) in [5, 5.41) is 5.66. The highest BCUT2D eigenvalue weighted by molar-refractivity contribution is 5.91. The van der Waals surface area contributed by atoms with Crippen molar-refractivity contribution >= 4 is 17.5 Å². The van der Waals surface area contributed by atoms with Crippen molar-refractivity contribution < 1.29 is 14.5 Å². The lowest BCUT2D eigenvalue weighted by Crippen LogP contribution is -3.11. The fourth-order valence-electron chi connectivity index (χ4n) is 1.97. The monoisotopic (exact) mass is 292 g/mol. The molecule has 0 bridgehead atoms. The SMILES string of the molecule is CCCNC(=O)C[NH+](C)CC(=O)Nc1ccc(CC)cc1. The quantitative estimate of drug-likeness (QED) is 0.642. The fraction of sp³-hybridized carbons (Fsp3) is 0.500. The van der Waals surface area contributed by atoms with Crippen LogP contribution in [0.4, 0.5) is 5.69 Å². The number of carbonyl (C=O) groups is 2. The van der Waals surface area contributed by atoms with Crippen molar-refractivity contribution in [3.63, 3.8) is 0 Å². The number of anilines is 1. The Balaban J connectivity index is 2.36. The van der Waals surface area contributed by atoms with Gasteiger partial charge in [0.1, 0.15) is 0 Å². The van der Waals surface area contributed by atoms with Crippen LogP contribution in [-0.2, 0) is 16.0 Å². The van der Waals surface area contributed by atoms with Gasteiger partial charge in [0.2, 0.25) is 0 Å². The van der Waals surface area contributed by atoms with Crippen LogP contribution in [-0.4, -0.2) is 38.5 Å². The third-order valence-corrected chi connectivity index (χ3v) is 3.14. The zero-order valence-corrected chi connectivity index (χ0v) is 13.2. The minimum atomic E-state index is -0.0833. The number of aryl methyl sites for hydroxylation is 1. The van der Waals surface area contributed by atoms with Crippen LogP contribution in [0.3, 0.4) is 0 Å². The van der Waals surface area contributed by atoms with Crippen molar-refractivity contribution in [3.8, 4) is 0 Å². The zero-order chi connectivity index (χ0) is 15.7. The second-order valence-corrected chi connectivity index (χ2v) is 5.26. The van der Waals surface area contributed by atoms with E-state index in [0.29, 0.717) is 13.1 Å². The van der Waals surface area contributed by atoms with E-state index in [4.69, 9.17) is 0 Å². The molecule has 0 aromatic heterocycles. The first-order valence-electron chi connectivity index (χ1n) is 7.52. The molecule has 0 fully saturated rings. The van der Waals surface area contributed by atoms with Gasteiger partial charge in [-0.2, -0.15) is 0 Å². The number of hydrogen-bond acceptors (Lipinski definition) is 2. The van der Waals surface area contributed by atoms with Gasteiger partial charge in [-0.25, -0.2) is 0 Å². The lowest BCUT2D eigenvalue weighted by Gasteiger charge is -2.13. The average Bonchev–Trinajstić information content (AvgIpc) is 2.45. The molecule has 0 radical (unpaired) electrons. The Labute approximate surface area is 126 Å². The number of amides is 2. The van der Waals surface area contributed by atoms with Crippen LogP contribution in [0, 0.1) is 0 Å². The average molecular weight is 292 g/mol. The van der Waals surface area contributed by atoms with Gasteiger partial charge in [0.25, 0.3) is 11.8 Å². The number of nitrogens with one attached hydrogen (secondary N) is 3. The van der Waals surface area contributed by atoms with Crippen LogP contribution in [0.1, 0.15) is 25.8 Å². The molecule has 0 heterocycles. The summed E-state index contributed by atoms with van der Waals surface area (Å²) >= 11 is 0. The van der Waals surface area contributed by atoms with E-state index in [9.17, 15) is 9.59 Å². The molecule has 5 nitrogen and oxygen atoms in total. The van der Waals surface area contributed by atoms with Crippen molar-refractivity contribution in [3.05, 3.63) is 29.8 Å². The van der Waals surface area contributed by atoms with E-state index in [1.54, 1.807) is 0 Å². The van der Waals surface area contributed by atoms with E-state index >= 15 is 0 Å². The molecule has 0 aliphatic carbocycles. The Bertz CT molecular complexity index is 457.